The zero-order valence-corrected chi connectivity index (χ0v) is 26.5. The van der Waals surface area contributed by atoms with E-state index < -0.39 is 5.69 Å². The fourth-order valence-corrected chi connectivity index (χ4v) is 6.61. The van der Waals surface area contributed by atoms with E-state index in [2.05, 4.69) is 72.8 Å². The molecule has 5 nitrogen and oxygen atoms in total. The lowest BCUT2D eigenvalue weighted by atomic mass is 9.94. The monoisotopic (exact) mass is 623 g/mol. The smallest absolute Gasteiger partial charge is 0.355 e. The highest BCUT2D eigenvalue weighted by molar-refractivity contribution is 6.05. The van der Waals surface area contributed by atoms with Crippen LogP contribution in [-0.4, -0.2) is 14.4 Å². The lowest BCUT2D eigenvalue weighted by Crippen LogP contribution is -2.21. The molecule has 232 valence electrons. The predicted octanol–water partition coefficient (Wildman–Crippen LogP) is 10.5. The third-order valence-electron chi connectivity index (χ3n) is 9.09. The van der Waals surface area contributed by atoms with Crippen molar-refractivity contribution in [2.24, 2.45) is 0 Å². The van der Waals surface area contributed by atoms with Crippen LogP contribution in [0.15, 0.2) is 161 Å². The Kier molecular flexibility index (Phi) is 7.50. The Labute approximate surface area is 278 Å². The molecule has 6 aromatic rings. The van der Waals surface area contributed by atoms with Crippen LogP contribution in [0.1, 0.15) is 36.8 Å². The van der Waals surface area contributed by atoms with Crippen molar-refractivity contribution in [2.75, 3.05) is 0 Å². The molecule has 48 heavy (non-hydrogen) atoms. The molecule has 0 spiro atoms. The number of nitrogens with zero attached hydrogens (tertiary/aromatic N) is 3. The molecule has 0 unspecified atom stereocenters. The van der Waals surface area contributed by atoms with Gasteiger partial charge in [-0.1, -0.05) is 98.2 Å². The zero-order valence-electron chi connectivity index (χ0n) is 26.5. The van der Waals surface area contributed by atoms with Crippen molar-refractivity contribution >= 4 is 38.7 Å². The van der Waals surface area contributed by atoms with E-state index in [1.165, 1.54) is 11.1 Å². The Bertz CT molecular complexity index is 2520. The molecule has 3 aromatic heterocycles. The Morgan fingerprint density at radius 1 is 0.833 bits per heavy atom. The van der Waals surface area contributed by atoms with E-state index in [4.69, 9.17) is 9.40 Å². The zero-order chi connectivity index (χ0) is 32.6. The van der Waals surface area contributed by atoms with Gasteiger partial charge in [-0.05, 0) is 107 Å². The fraction of sp³-hybridized carbons (Fsp3) is 0.0930. The van der Waals surface area contributed by atoms with Gasteiger partial charge in [0.25, 0.3) is 0 Å². The van der Waals surface area contributed by atoms with E-state index in [-0.39, 0.29) is 0 Å². The first-order valence-corrected chi connectivity index (χ1v) is 16.3. The van der Waals surface area contributed by atoms with E-state index >= 15 is 0 Å². The van der Waals surface area contributed by atoms with Gasteiger partial charge >= 0.3 is 5.69 Å². The molecule has 8 rings (SSSR count). The first kappa shape index (κ1) is 29.3. The molecule has 0 bridgehead atoms. The molecule has 0 amide bonds. The number of rotatable bonds is 7. The highest BCUT2D eigenvalue weighted by Gasteiger charge is 2.17. The topological polar surface area (TPSA) is 60.4 Å². The number of aromatic nitrogens is 3. The number of furan rings is 1. The first-order chi connectivity index (χ1) is 23.6. The SMILES string of the molecule is C=C/C(=C\C(=C)C1=CC=CCC1)c1cc(-c2cccc(C3=CCCC=C3)c2)n2c(=O)nc(-c3ccc4c(c3)oc3ccccc34)nc2c1. The van der Waals surface area contributed by atoms with Gasteiger partial charge in [0.05, 0.1) is 5.69 Å². The Hall–Kier alpha value is -6.07. The molecule has 3 heterocycles. The van der Waals surface area contributed by atoms with Crippen LogP contribution >= 0.6 is 0 Å². The van der Waals surface area contributed by atoms with Gasteiger partial charge in [-0.15, -0.1) is 0 Å². The minimum absolute atomic E-state index is 0.337. The van der Waals surface area contributed by atoms with Crippen molar-refractivity contribution in [1.29, 1.82) is 0 Å². The Morgan fingerprint density at radius 3 is 2.54 bits per heavy atom. The third kappa shape index (κ3) is 5.39. The highest BCUT2D eigenvalue weighted by atomic mass is 16.3. The summed E-state index contributed by atoms with van der Waals surface area (Å²) in [6.45, 7) is 8.53. The van der Waals surface area contributed by atoms with Gasteiger partial charge in [0.1, 0.15) is 16.8 Å². The number of pyridine rings is 1. The van der Waals surface area contributed by atoms with Gasteiger partial charge in [0, 0.05) is 16.3 Å². The summed E-state index contributed by atoms with van der Waals surface area (Å²) in [5.41, 5.74) is 10.1. The average Bonchev–Trinajstić information content (AvgIpc) is 3.52. The number of fused-ring (bicyclic) bond motifs is 4. The second-order valence-corrected chi connectivity index (χ2v) is 12.2. The molecule has 0 N–H and O–H groups in total. The minimum atomic E-state index is -0.406. The third-order valence-corrected chi connectivity index (χ3v) is 9.09. The van der Waals surface area contributed by atoms with Gasteiger partial charge in [-0.3, -0.25) is 0 Å². The molecule has 0 saturated carbocycles. The predicted molar refractivity (Wildman–Crippen MR) is 198 cm³/mol. The van der Waals surface area contributed by atoms with Gasteiger partial charge in [0.15, 0.2) is 5.82 Å². The van der Waals surface area contributed by atoms with E-state index in [9.17, 15) is 4.79 Å². The molecular weight excluding hydrogens is 590 g/mol. The summed E-state index contributed by atoms with van der Waals surface area (Å²) in [5, 5.41) is 2.05. The van der Waals surface area contributed by atoms with E-state index in [1.807, 2.05) is 72.8 Å². The van der Waals surface area contributed by atoms with Crippen LogP contribution in [0.3, 0.4) is 0 Å². The van der Waals surface area contributed by atoms with Crippen LogP contribution in [0.5, 0.6) is 0 Å². The number of benzene rings is 3. The summed E-state index contributed by atoms with van der Waals surface area (Å²) in [7, 11) is 0. The Balaban J connectivity index is 1.32. The van der Waals surface area contributed by atoms with Crippen molar-refractivity contribution in [2.45, 2.75) is 25.7 Å². The van der Waals surface area contributed by atoms with Crippen molar-refractivity contribution in [3.05, 3.63) is 173 Å². The van der Waals surface area contributed by atoms with Crippen LogP contribution in [-0.2, 0) is 0 Å². The second kappa shape index (κ2) is 12.3. The molecule has 3 aromatic carbocycles. The quantitative estimate of drug-likeness (QED) is 0.166. The molecular formula is C43H33N3O2. The average molecular weight is 624 g/mol. The van der Waals surface area contributed by atoms with Crippen molar-refractivity contribution < 1.29 is 4.42 Å². The molecule has 0 radical (unpaired) electrons. The fourth-order valence-electron chi connectivity index (χ4n) is 6.61. The van der Waals surface area contributed by atoms with Crippen molar-refractivity contribution in [1.82, 2.24) is 14.4 Å². The molecule has 0 saturated heterocycles. The standard InChI is InChI=1S/C43H33N3O2/c1-3-29(23-28(2)30-13-6-4-7-14-30)35-25-38(33-18-12-17-32(24-33)31-15-8-5-9-16-31)46-41(27-35)44-42(45-43(46)47)34-21-22-37-36-19-10-11-20-39(36)48-40(37)26-34/h3-4,6,8,10-13,15-27H,1-2,5,7,9,14H2/b29-23+. The highest BCUT2D eigenvalue weighted by Crippen LogP contribution is 2.33. The Morgan fingerprint density at radius 2 is 1.71 bits per heavy atom. The lowest BCUT2D eigenvalue weighted by Gasteiger charge is -2.15. The lowest BCUT2D eigenvalue weighted by molar-refractivity contribution is 0.669. The van der Waals surface area contributed by atoms with Crippen LogP contribution in [0.25, 0.3) is 61.4 Å². The summed E-state index contributed by atoms with van der Waals surface area (Å²) >= 11 is 0. The molecule has 2 aliphatic rings. The maximum absolute atomic E-state index is 14.0. The van der Waals surface area contributed by atoms with Gasteiger partial charge in [-0.25, -0.2) is 14.2 Å². The number of para-hydroxylation sites is 1. The summed E-state index contributed by atoms with van der Waals surface area (Å²) in [6.07, 6.45) is 20.9. The van der Waals surface area contributed by atoms with Crippen LogP contribution in [0, 0.1) is 0 Å². The maximum atomic E-state index is 14.0. The first-order valence-electron chi connectivity index (χ1n) is 16.3. The van der Waals surface area contributed by atoms with E-state index in [0.717, 1.165) is 75.5 Å². The summed E-state index contributed by atoms with van der Waals surface area (Å²) in [6, 6.07) is 26.1. The molecule has 0 fully saturated rings. The summed E-state index contributed by atoms with van der Waals surface area (Å²) in [4.78, 5) is 23.5. The minimum Gasteiger partial charge on any atom is -0.456 e. The van der Waals surface area contributed by atoms with Crippen molar-refractivity contribution in [3.63, 3.8) is 0 Å². The summed E-state index contributed by atoms with van der Waals surface area (Å²) < 4.78 is 7.74. The van der Waals surface area contributed by atoms with Gasteiger partial charge in [0.2, 0.25) is 0 Å². The molecule has 5 heteroatoms. The number of hydrogen-bond donors (Lipinski definition) is 0. The molecule has 0 aliphatic heterocycles. The van der Waals surface area contributed by atoms with Gasteiger partial charge in [-0.2, -0.15) is 4.98 Å². The summed E-state index contributed by atoms with van der Waals surface area (Å²) in [5.74, 6) is 0.337. The van der Waals surface area contributed by atoms with Crippen molar-refractivity contribution in [3.8, 4) is 22.6 Å². The number of hydrogen-bond acceptors (Lipinski definition) is 4. The van der Waals surface area contributed by atoms with Crippen LogP contribution in [0.4, 0.5) is 0 Å². The second-order valence-electron chi connectivity index (χ2n) is 12.2. The normalized spacial score (nSPS) is 14.8. The van der Waals surface area contributed by atoms with Crippen LogP contribution < -0.4 is 5.69 Å². The van der Waals surface area contributed by atoms with E-state index in [1.54, 1.807) is 4.40 Å². The molecule has 0 atom stereocenters. The number of allylic oxidation sites excluding steroid dienone is 12. The largest absolute Gasteiger partial charge is 0.456 e. The molecule has 2 aliphatic carbocycles. The maximum Gasteiger partial charge on any atom is 0.355 e. The van der Waals surface area contributed by atoms with Crippen LogP contribution in [0.2, 0.25) is 0 Å². The van der Waals surface area contributed by atoms with Gasteiger partial charge < -0.3 is 4.42 Å². The van der Waals surface area contributed by atoms with E-state index in [0.29, 0.717) is 22.7 Å².